The summed E-state index contributed by atoms with van der Waals surface area (Å²) >= 11 is 0. The molecule has 3 aromatic heterocycles. The average Bonchev–Trinajstić information content (AvgIpc) is 2.70. The number of aromatic nitrogens is 4. The summed E-state index contributed by atoms with van der Waals surface area (Å²) in [4.78, 5) is 20.0. The van der Waals surface area contributed by atoms with E-state index in [0.717, 1.165) is 30.3 Å². The van der Waals surface area contributed by atoms with Gasteiger partial charge in [-0.05, 0) is 43.5 Å². The Balaban J connectivity index is 0.00000131. The Morgan fingerprint density at radius 1 is 0.750 bits per heavy atom. The van der Waals surface area contributed by atoms with Crippen molar-refractivity contribution < 1.29 is 0 Å². The van der Waals surface area contributed by atoms with Crippen LogP contribution in [0.4, 0.5) is 17.3 Å². The molecule has 0 unspecified atom stereocenters. The van der Waals surface area contributed by atoms with Gasteiger partial charge >= 0.3 is 0 Å². The Labute approximate surface area is 183 Å². The first-order valence-corrected chi connectivity index (χ1v) is 8.60. The topological polar surface area (TPSA) is 66.8 Å². The van der Waals surface area contributed by atoms with Crippen molar-refractivity contribution in [3.05, 3.63) is 55.1 Å². The second-order valence-corrected chi connectivity index (χ2v) is 6.08. The normalized spacial score (nSPS) is 12.8. The van der Waals surface area contributed by atoms with Gasteiger partial charge in [0.05, 0.1) is 30.0 Å². The second-order valence-electron chi connectivity index (χ2n) is 6.08. The van der Waals surface area contributed by atoms with Crippen molar-refractivity contribution in [2.75, 3.05) is 23.3 Å². The quantitative estimate of drug-likeness (QED) is 0.619. The molecule has 1 saturated heterocycles. The molecule has 4 heterocycles. The van der Waals surface area contributed by atoms with Gasteiger partial charge < -0.3 is 10.2 Å². The molecule has 0 spiro atoms. The SMILES string of the molecule is Cl.Cl.Cl.c1ccc(-c2cncc(Nc3ccc(N4CCCCC4)cn3)n2)nc1. The molecule has 0 amide bonds. The maximum atomic E-state index is 4.56. The Hall–Kier alpha value is -2.15. The molecular weight excluding hydrogens is 419 g/mol. The van der Waals surface area contributed by atoms with Crippen LogP contribution in [0.2, 0.25) is 0 Å². The minimum absolute atomic E-state index is 0. The largest absolute Gasteiger partial charge is 0.370 e. The van der Waals surface area contributed by atoms with E-state index in [9.17, 15) is 0 Å². The first-order valence-electron chi connectivity index (χ1n) is 8.60. The van der Waals surface area contributed by atoms with Gasteiger partial charge in [-0.1, -0.05) is 6.07 Å². The lowest BCUT2D eigenvalue weighted by atomic mass is 10.1. The van der Waals surface area contributed by atoms with Crippen molar-refractivity contribution in [1.29, 1.82) is 0 Å². The number of piperidine rings is 1. The number of rotatable bonds is 4. The van der Waals surface area contributed by atoms with Gasteiger partial charge in [-0.3, -0.25) is 9.97 Å². The van der Waals surface area contributed by atoms with Crippen molar-refractivity contribution >= 4 is 54.5 Å². The summed E-state index contributed by atoms with van der Waals surface area (Å²) in [6.07, 6.45) is 10.9. The van der Waals surface area contributed by atoms with E-state index in [1.807, 2.05) is 30.5 Å². The summed E-state index contributed by atoms with van der Waals surface area (Å²) in [5, 5.41) is 3.21. The fraction of sp³-hybridized carbons (Fsp3) is 0.263. The van der Waals surface area contributed by atoms with Gasteiger partial charge in [0.2, 0.25) is 0 Å². The van der Waals surface area contributed by atoms with Gasteiger partial charge in [0.15, 0.2) is 5.82 Å². The number of anilines is 3. The van der Waals surface area contributed by atoms with Crippen molar-refractivity contribution in [3.8, 4) is 11.4 Å². The zero-order valence-electron chi connectivity index (χ0n) is 15.2. The molecular formula is C19H23Cl3N6. The van der Waals surface area contributed by atoms with Crippen molar-refractivity contribution in [3.63, 3.8) is 0 Å². The Bertz CT molecular complexity index is 827. The molecule has 1 aliphatic rings. The molecule has 150 valence electrons. The van der Waals surface area contributed by atoms with E-state index in [1.54, 1.807) is 18.6 Å². The van der Waals surface area contributed by atoms with E-state index in [-0.39, 0.29) is 37.2 Å². The van der Waals surface area contributed by atoms with Crippen LogP contribution in [0.5, 0.6) is 0 Å². The van der Waals surface area contributed by atoms with Gasteiger partial charge in [-0.2, -0.15) is 0 Å². The van der Waals surface area contributed by atoms with E-state index < -0.39 is 0 Å². The van der Waals surface area contributed by atoms with Gasteiger partial charge in [0.1, 0.15) is 11.5 Å². The lowest BCUT2D eigenvalue weighted by Gasteiger charge is -2.28. The van der Waals surface area contributed by atoms with Crippen LogP contribution in [-0.2, 0) is 0 Å². The van der Waals surface area contributed by atoms with Crippen LogP contribution in [0.3, 0.4) is 0 Å². The molecule has 1 fully saturated rings. The summed E-state index contributed by atoms with van der Waals surface area (Å²) < 4.78 is 0. The van der Waals surface area contributed by atoms with E-state index in [1.165, 1.54) is 24.9 Å². The van der Waals surface area contributed by atoms with E-state index in [2.05, 4.69) is 36.2 Å². The summed E-state index contributed by atoms with van der Waals surface area (Å²) in [5.41, 5.74) is 2.71. The highest BCUT2D eigenvalue weighted by Gasteiger charge is 2.11. The van der Waals surface area contributed by atoms with Crippen molar-refractivity contribution in [2.24, 2.45) is 0 Å². The number of hydrogen-bond acceptors (Lipinski definition) is 6. The van der Waals surface area contributed by atoms with Gasteiger partial charge in [0, 0.05) is 19.3 Å². The third-order valence-electron chi connectivity index (χ3n) is 4.29. The first-order chi connectivity index (χ1) is 12.4. The predicted octanol–water partition coefficient (Wildman–Crippen LogP) is 4.93. The third kappa shape index (κ3) is 5.92. The molecule has 6 nitrogen and oxygen atoms in total. The Morgan fingerprint density at radius 3 is 2.25 bits per heavy atom. The summed E-state index contributed by atoms with van der Waals surface area (Å²) in [6, 6.07) is 9.83. The molecule has 28 heavy (non-hydrogen) atoms. The van der Waals surface area contributed by atoms with Gasteiger partial charge in [0.25, 0.3) is 0 Å². The minimum Gasteiger partial charge on any atom is -0.370 e. The van der Waals surface area contributed by atoms with Crippen molar-refractivity contribution in [2.45, 2.75) is 19.3 Å². The number of halogens is 3. The van der Waals surface area contributed by atoms with E-state index >= 15 is 0 Å². The Morgan fingerprint density at radius 2 is 1.57 bits per heavy atom. The lowest BCUT2D eigenvalue weighted by molar-refractivity contribution is 0.577. The predicted molar refractivity (Wildman–Crippen MR) is 121 cm³/mol. The van der Waals surface area contributed by atoms with Crippen LogP contribution >= 0.6 is 37.2 Å². The third-order valence-corrected chi connectivity index (χ3v) is 4.29. The molecule has 0 aliphatic carbocycles. The highest BCUT2D eigenvalue weighted by atomic mass is 35.5. The van der Waals surface area contributed by atoms with Gasteiger partial charge in [-0.25, -0.2) is 9.97 Å². The van der Waals surface area contributed by atoms with Crippen LogP contribution in [0, 0.1) is 0 Å². The maximum Gasteiger partial charge on any atom is 0.150 e. The highest BCUT2D eigenvalue weighted by molar-refractivity contribution is 5.86. The fourth-order valence-corrected chi connectivity index (χ4v) is 2.99. The zero-order valence-corrected chi connectivity index (χ0v) is 17.6. The molecule has 0 bridgehead atoms. The van der Waals surface area contributed by atoms with Gasteiger partial charge in [-0.15, -0.1) is 37.2 Å². The number of pyridine rings is 2. The molecule has 9 heteroatoms. The molecule has 4 rings (SSSR count). The van der Waals surface area contributed by atoms with E-state index in [0.29, 0.717) is 5.82 Å². The summed E-state index contributed by atoms with van der Waals surface area (Å²) in [7, 11) is 0. The van der Waals surface area contributed by atoms with E-state index in [4.69, 9.17) is 0 Å². The van der Waals surface area contributed by atoms with Crippen LogP contribution in [-0.4, -0.2) is 33.0 Å². The average molecular weight is 442 g/mol. The molecule has 0 radical (unpaired) electrons. The molecule has 1 N–H and O–H groups in total. The molecule has 0 atom stereocenters. The smallest absolute Gasteiger partial charge is 0.150 e. The standard InChI is InChI=1S/C19H20N6.3ClH/c1-4-10-25(11-5-1)15-7-8-18(22-12-15)24-19-14-20-13-17(23-19)16-6-2-3-9-21-16;;;/h2-3,6-9,12-14H,1,4-5,10-11H2,(H,22,23,24);3*1H. The number of nitrogens with one attached hydrogen (secondary N) is 1. The fourth-order valence-electron chi connectivity index (χ4n) is 2.99. The molecule has 0 aromatic carbocycles. The number of nitrogens with zero attached hydrogens (tertiary/aromatic N) is 5. The first kappa shape index (κ1) is 23.9. The van der Waals surface area contributed by atoms with Crippen molar-refractivity contribution in [1.82, 2.24) is 19.9 Å². The van der Waals surface area contributed by atoms with Crippen LogP contribution in [0.1, 0.15) is 19.3 Å². The minimum atomic E-state index is 0. The van der Waals surface area contributed by atoms with Crippen LogP contribution in [0.15, 0.2) is 55.1 Å². The molecule has 0 saturated carbocycles. The zero-order chi connectivity index (χ0) is 16.9. The van der Waals surface area contributed by atoms with Crippen LogP contribution < -0.4 is 10.2 Å². The number of hydrogen-bond donors (Lipinski definition) is 1. The highest BCUT2D eigenvalue weighted by Crippen LogP contribution is 2.21. The van der Waals surface area contributed by atoms with Crippen LogP contribution in [0.25, 0.3) is 11.4 Å². The molecule has 3 aromatic rings. The summed E-state index contributed by atoms with van der Waals surface area (Å²) in [6.45, 7) is 2.23. The maximum absolute atomic E-state index is 4.56. The summed E-state index contributed by atoms with van der Waals surface area (Å²) in [5.74, 6) is 1.41. The molecule has 1 aliphatic heterocycles. The Kier molecular flexibility index (Phi) is 9.93. The monoisotopic (exact) mass is 440 g/mol. The lowest BCUT2D eigenvalue weighted by Crippen LogP contribution is -2.29. The second kappa shape index (κ2) is 11.6.